The third-order valence-electron chi connectivity index (χ3n) is 3.93. The maximum Gasteiger partial charge on any atom is 0.252 e. The lowest BCUT2D eigenvalue weighted by atomic mass is 10.1. The van der Waals surface area contributed by atoms with Crippen LogP contribution in [0.2, 0.25) is 0 Å². The number of hydrogen-bond acceptors (Lipinski definition) is 6. The van der Waals surface area contributed by atoms with Gasteiger partial charge in [0.25, 0.3) is 5.95 Å². The van der Waals surface area contributed by atoms with Crippen molar-refractivity contribution < 1.29 is 4.39 Å². The van der Waals surface area contributed by atoms with Gasteiger partial charge in [-0.05, 0) is 36.6 Å². The van der Waals surface area contributed by atoms with Crippen LogP contribution in [0.25, 0.3) is 17.0 Å². The fraction of sp³-hybridized carbons (Fsp3) is 0.167. The first-order valence-electron chi connectivity index (χ1n) is 8.26. The Morgan fingerprint density at radius 1 is 1.04 bits per heavy atom. The van der Waals surface area contributed by atoms with Crippen LogP contribution in [0.4, 0.5) is 10.2 Å². The van der Waals surface area contributed by atoms with Gasteiger partial charge in [0, 0.05) is 18.9 Å². The molecule has 0 aliphatic rings. The molecule has 0 saturated carbocycles. The van der Waals surface area contributed by atoms with E-state index in [9.17, 15) is 4.39 Å². The lowest BCUT2D eigenvalue weighted by molar-refractivity contribution is 0.624. The van der Waals surface area contributed by atoms with E-state index >= 15 is 0 Å². The van der Waals surface area contributed by atoms with Crippen LogP contribution < -0.4 is 5.32 Å². The van der Waals surface area contributed by atoms with Crippen molar-refractivity contribution >= 4 is 16.9 Å². The normalized spacial score (nSPS) is 11.0. The molecule has 0 aliphatic carbocycles. The van der Waals surface area contributed by atoms with E-state index in [0.717, 1.165) is 23.8 Å². The van der Waals surface area contributed by atoms with E-state index in [4.69, 9.17) is 0 Å². The molecule has 0 atom stereocenters. The molecular formula is C18H16FN7. The summed E-state index contributed by atoms with van der Waals surface area (Å²) in [5, 5.41) is 8.41. The number of hydrogen-bond donors (Lipinski definition) is 1. The highest BCUT2D eigenvalue weighted by molar-refractivity contribution is 5.86. The SMILES string of the molecule is Fc1cccc(CCCNc2ncnc3c2cnn3-c2ncccn2)c1. The summed E-state index contributed by atoms with van der Waals surface area (Å²) in [7, 11) is 0. The number of halogens is 1. The first kappa shape index (κ1) is 16.1. The predicted molar refractivity (Wildman–Crippen MR) is 95.5 cm³/mol. The molecule has 3 heterocycles. The molecule has 0 fully saturated rings. The average molecular weight is 349 g/mol. The molecule has 3 aromatic heterocycles. The molecule has 0 radical (unpaired) electrons. The number of nitrogens with one attached hydrogen (secondary N) is 1. The minimum absolute atomic E-state index is 0.205. The minimum Gasteiger partial charge on any atom is -0.369 e. The van der Waals surface area contributed by atoms with Gasteiger partial charge in [0.15, 0.2) is 5.65 Å². The van der Waals surface area contributed by atoms with Crippen LogP contribution >= 0.6 is 0 Å². The molecule has 0 unspecified atom stereocenters. The van der Waals surface area contributed by atoms with E-state index in [-0.39, 0.29) is 5.82 Å². The van der Waals surface area contributed by atoms with E-state index in [1.807, 2.05) is 6.07 Å². The van der Waals surface area contributed by atoms with Crippen LogP contribution in [-0.4, -0.2) is 36.3 Å². The average Bonchev–Trinajstić information content (AvgIpc) is 3.11. The van der Waals surface area contributed by atoms with Gasteiger partial charge < -0.3 is 5.32 Å². The number of fused-ring (bicyclic) bond motifs is 1. The molecule has 4 aromatic rings. The molecular weight excluding hydrogens is 333 g/mol. The molecule has 1 N–H and O–H groups in total. The molecule has 0 aliphatic heterocycles. The van der Waals surface area contributed by atoms with E-state index in [1.54, 1.807) is 41.5 Å². The highest BCUT2D eigenvalue weighted by atomic mass is 19.1. The molecule has 0 bridgehead atoms. The minimum atomic E-state index is -0.205. The fourth-order valence-electron chi connectivity index (χ4n) is 2.72. The second kappa shape index (κ2) is 7.22. The monoisotopic (exact) mass is 349 g/mol. The van der Waals surface area contributed by atoms with Crippen molar-refractivity contribution in [1.29, 1.82) is 0 Å². The molecule has 0 saturated heterocycles. The number of aryl methyl sites for hydroxylation is 1. The van der Waals surface area contributed by atoms with Crippen molar-refractivity contribution in [3.05, 3.63) is 66.6 Å². The third kappa shape index (κ3) is 3.34. The van der Waals surface area contributed by atoms with Crippen molar-refractivity contribution in [3.63, 3.8) is 0 Å². The van der Waals surface area contributed by atoms with Crippen LogP contribution in [0, 0.1) is 5.82 Å². The maximum atomic E-state index is 13.2. The van der Waals surface area contributed by atoms with E-state index in [2.05, 4.69) is 30.4 Å². The van der Waals surface area contributed by atoms with E-state index in [1.165, 1.54) is 12.4 Å². The summed E-state index contributed by atoms with van der Waals surface area (Å²) in [6.45, 7) is 0.704. The zero-order valence-electron chi connectivity index (χ0n) is 13.9. The Balaban J connectivity index is 1.46. The van der Waals surface area contributed by atoms with Gasteiger partial charge in [-0.25, -0.2) is 24.3 Å². The molecule has 8 heteroatoms. The molecule has 26 heavy (non-hydrogen) atoms. The van der Waals surface area contributed by atoms with Crippen LogP contribution in [0.3, 0.4) is 0 Å². The number of nitrogens with zero attached hydrogens (tertiary/aromatic N) is 6. The predicted octanol–water partition coefficient (Wildman–Crippen LogP) is 2.79. The Kier molecular flexibility index (Phi) is 4.46. The Morgan fingerprint density at radius 2 is 1.92 bits per heavy atom. The van der Waals surface area contributed by atoms with Gasteiger partial charge in [-0.2, -0.15) is 9.78 Å². The van der Waals surface area contributed by atoms with Gasteiger partial charge in [0.05, 0.1) is 11.6 Å². The summed E-state index contributed by atoms with van der Waals surface area (Å²) in [4.78, 5) is 17.0. The van der Waals surface area contributed by atoms with Crippen molar-refractivity contribution in [1.82, 2.24) is 29.7 Å². The third-order valence-corrected chi connectivity index (χ3v) is 3.93. The lowest BCUT2D eigenvalue weighted by Gasteiger charge is -2.07. The van der Waals surface area contributed by atoms with Gasteiger partial charge in [0.1, 0.15) is 18.0 Å². The number of rotatable bonds is 6. The van der Waals surface area contributed by atoms with Crippen molar-refractivity contribution in [2.24, 2.45) is 0 Å². The molecule has 130 valence electrons. The highest BCUT2D eigenvalue weighted by Gasteiger charge is 2.12. The Hall–Kier alpha value is -3.42. The smallest absolute Gasteiger partial charge is 0.252 e. The van der Waals surface area contributed by atoms with Gasteiger partial charge in [-0.1, -0.05) is 12.1 Å². The van der Waals surface area contributed by atoms with E-state index in [0.29, 0.717) is 24.0 Å². The van der Waals surface area contributed by atoms with Crippen LogP contribution in [0.5, 0.6) is 0 Å². The molecule has 7 nitrogen and oxygen atoms in total. The molecule has 0 spiro atoms. The zero-order valence-corrected chi connectivity index (χ0v) is 13.9. The van der Waals surface area contributed by atoms with Crippen molar-refractivity contribution in [2.45, 2.75) is 12.8 Å². The van der Waals surface area contributed by atoms with Crippen molar-refractivity contribution in [2.75, 3.05) is 11.9 Å². The van der Waals surface area contributed by atoms with Gasteiger partial charge >= 0.3 is 0 Å². The number of aromatic nitrogens is 6. The van der Waals surface area contributed by atoms with Gasteiger partial charge in [0.2, 0.25) is 0 Å². The Labute approximate surface area is 149 Å². The second-order valence-electron chi connectivity index (χ2n) is 5.72. The number of benzene rings is 1. The first-order valence-corrected chi connectivity index (χ1v) is 8.26. The largest absolute Gasteiger partial charge is 0.369 e. The topological polar surface area (TPSA) is 81.4 Å². The Morgan fingerprint density at radius 3 is 2.77 bits per heavy atom. The van der Waals surface area contributed by atoms with Crippen LogP contribution in [0.1, 0.15) is 12.0 Å². The quantitative estimate of drug-likeness (QED) is 0.539. The molecule has 4 rings (SSSR count). The van der Waals surface area contributed by atoms with E-state index < -0.39 is 0 Å². The van der Waals surface area contributed by atoms with Crippen LogP contribution in [-0.2, 0) is 6.42 Å². The Bertz CT molecular complexity index is 1020. The summed E-state index contributed by atoms with van der Waals surface area (Å²) in [6.07, 6.45) is 8.13. The zero-order chi connectivity index (χ0) is 17.8. The second-order valence-corrected chi connectivity index (χ2v) is 5.72. The first-order chi connectivity index (χ1) is 12.8. The summed E-state index contributed by atoms with van der Waals surface area (Å²) in [5.74, 6) is 0.957. The maximum absolute atomic E-state index is 13.2. The van der Waals surface area contributed by atoms with Crippen LogP contribution in [0.15, 0.2) is 55.2 Å². The highest BCUT2D eigenvalue weighted by Crippen LogP contribution is 2.20. The number of anilines is 1. The lowest BCUT2D eigenvalue weighted by Crippen LogP contribution is -2.06. The summed E-state index contributed by atoms with van der Waals surface area (Å²) >= 11 is 0. The fourth-order valence-corrected chi connectivity index (χ4v) is 2.72. The molecule has 0 amide bonds. The molecule has 1 aromatic carbocycles. The summed E-state index contributed by atoms with van der Waals surface area (Å²) in [6, 6.07) is 8.41. The van der Waals surface area contributed by atoms with Crippen molar-refractivity contribution in [3.8, 4) is 5.95 Å². The van der Waals surface area contributed by atoms with Gasteiger partial charge in [-0.3, -0.25) is 0 Å². The summed E-state index contributed by atoms with van der Waals surface area (Å²) in [5.41, 5.74) is 1.62. The standard InChI is InChI=1S/C18H16FN7/c19-14-6-1-4-13(10-14)5-2-7-20-16-15-11-25-26(17(15)24-12-23-16)18-21-8-3-9-22-18/h1,3-4,6,8-12H,2,5,7H2,(H,20,23,24). The van der Waals surface area contributed by atoms with Gasteiger partial charge in [-0.15, -0.1) is 0 Å². The summed E-state index contributed by atoms with van der Waals surface area (Å²) < 4.78 is 14.8.